The molecule has 1 aliphatic rings. The highest BCUT2D eigenvalue weighted by Crippen LogP contribution is 2.34. The van der Waals surface area contributed by atoms with Crippen LogP contribution in [0, 0.1) is 13.8 Å². The van der Waals surface area contributed by atoms with Gasteiger partial charge in [0.05, 0.1) is 22.9 Å². The number of nitrogens with zero attached hydrogens (tertiary/aromatic N) is 2. The fourth-order valence-corrected chi connectivity index (χ4v) is 4.98. The lowest BCUT2D eigenvalue weighted by atomic mass is 10.1. The van der Waals surface area contributed by atoms with Gasteiger partial charge >= 0.3 is 0 Å². The molecule has 0 radical (unpaired) electrons. The summed E-state index contributed by atoms with van der Waals surface area (Å²) in [6.45, 7) is 5.62. The van der Waals surface area contributed by atoms with Gasteiger partial charge in [-0.1, -0.05) is 30.3 Å². The zero-order valence-corrected chi connectivity index (χ0v) is 17.9. The third kappa shape index (κ3) is 3.82. The summed E-state index contributed by atoms with van der Waals surface area (Å²) in [5, 5.41) is 7.40. The van der Waals surface area contributed by atoms with Crippen LogP contribution in [0.25, 0.3) is 5.69 Å². The van der Waals surface area contributed by atoms with Crippen LogP contribution in [0.1, 0.15) is 29.3 Å². The Hall–Kier alpha value is -3.13. The number of aryl methyl sites for hydroxylation is 1. The number of carbonyl (C=O) groups is 1. The number of sulfone groups is 1. The Morgan fingerprint density at radius 1 is 1.10 bits per heavy atom. The first-order chi connectivity index (χ1) is 14.2. The third-order valence-corrected chi connectivity index (χ3v) is 6.70. The van der Waals surface area contributed by atoms with Crippen molar-refractivity contribution in [2.24, 2.45) is 0 Å². The fourth-order valence-electron chi connectivity index (χ4n) is 3.49. The Labute approximate surface area is 175 Å². The molecule has 1 amide bonds. The molecule has 1 atom stereocenters. The Kier molecular flexibility index (Phi) is 5.11. The van der Waals surface area contributed by atoms with Gasteiger partial charge in [0.15, 0.2) is 15.9 Å². The first-order valence-electron chi connectivity index (χ1n) is 9.65. The van der Waals surface area contributed by atoms with Crippen molar-refractivity contribution in [2.75, 3.05) is 5.32 Å². The van der Waals surface area contributed by atoms with Crippen LogP contribution in [-0.4, -0.2) is 30.2 Å². The standard InChI is InChI=1S/C22H23N3O4S/c1-14-8-7-11-20(15(14)2)25-21(18-12-30(27,28)13-19(18)24-25)23-22(26)16(3)29-17-9-5-4-6-10-17/h4-11,16H,12-13H2,1-3H3,(H,23,26)/t16-/m1/s1. The number of carbonyl (C=O) groups excluding carboxylic acids is 1. The maximum absolute atomic E-state index is 12.9. The summed E-state index contributed by atoms with van der Waals surface area (Å²) in [6, 6.07) is 14.9. The number of nitrogens with one attached hydrogen (secondary N) is 1. The van der Waals surface area contributed by atoms with E-state index in [9.17, 15) is 13.2 Å². The van der Waals surface area contributed by atoms with Crippen molar-refractivity contribution in [3.05, 3.63) is 70.9 Å². The first kappa shape index (κ1) is 20.2. The molecule has 0 spiro atoms. The second-order valence-electron chi connectivity index (χ2n) is 7.50. The van der Waals surface area contributed by atoms with Crippen LogP contribution in [0.15, 0.2) is 48.5 Å². The number of fused-ring (bicyclic) bond motifs is 1. The molecule has 1 N–H and O–H groups in total. The van der Waals surface area contributed by atoms with Crippen molar-refractivity contribution in [1.82, 2.24) is 9.78 Å². The highest BCUT2D eigenvalue weighted by molar-refractivity contribution is 7.90. The molecular formula is C22H23N3O4S. The lowest BCUT2D eigenvalue weighted by Crippen LogP contribution is -2.31. The number of anilines is 1. The highest BCUT2D eigenvalue weighted by Gasteiger charge is 2.34. The zero-order valence-electron chi connectivity index (χ0n) is 17.0. The van der Waals surface area contributed by atoms with E-state index >= 15 is 0 Å². The molecule has 7 nitrogen and oxygen atoms in total. The van der Waals surface area contributed by atoms with Gasteiger partial charge in [-0.15, -0.1) is 0 Å². The van der Waals surface area contributed by atoms with Crippen LogP contribution in [0.5, 0.6) is 5.75 Å². The number of amides is 1. The summed E-state index contributed by atoms with van der Waals surface area (Å²) in [6.07, 6.45) is -0.775. The molecule has 0 unspecified atom stereocenters. The predicted molar refractivity (Wildman–Crippen MR) is 115 cm³/mol. The molecule has 156 valence electrons. The van der Waals surface area contributed by atoms with E-state index in [-0.39, 0.29) is 17.4 Å². The average Bonchev–Trinajstić information content (AvgIpc) is 3.17. The molecular weight excluding hydrogens is 402 g/mol. The summed E-state index contributed by atoms with van der Waals surface area (Å²) in [5.41, 5.74) is 3.90. The number of ether oxygens (including phenoxy) is 1. The molecule has 0 aliphatic carbocycles. The van der Waals surface area contributed by atoms with E-state index in [1.165, 1.54) is 0 Å². The maximum atomic E-state index is 12.9. The predicted octanol–water partition coefficient (Wildman–Crippen LogP) is 3.32. The number of hydrogen-bond acceptors (Lipinski definition) is 5. The molecule has 2 heterocycles. The monoisotopic (exact) mass is 425 g/mol. The lowest BCUT2D eigenvalue weighted by Gasteiger charge is -2.17. The normalized spacial score (nSPS) is 15.4. The minimum atomic E-state index is -3.26. The van der Waals surface area contributed by atoms with E-state index in [4.69, 9.17) is 4.74 Å². The van der Waals surface area contributed by atoms with Crippen LogP contribution in [0.3, 0.4) is 0 Å². The van der Waals surface area contributed by atoms with Crippen molar-refractivity contribution in [2.45, 2.75) is 38.4 Å². The van der Waals surface area contributed by atoms with E-state index in [1.807, 2.05) is 50.2 Å². The molecule has 4 rings (SSSR count). The van der Waals surface area contributed by atoms with Crippen molar-refractivity contribution < 1.29 is 17.9 Å². The molecule has 3 aromatic rings. The Bertz CT molecular complexity index is 1220. The summed E-state index contributed by atoms with van der Waals surface area (Å²) >= 11 is 0. The summed E-state index contributed by atoms with van der Waals surface area (Å²) in [4.78, 5) is 12.9. The average molecular weight is 426 g/mol. The van der Waals surface area contributed by atoms with Crippen molar-refractivity contribution in [3.63, 3.8) is 0 Å². The largest absolute Gasteiger partial charge is 0.481 e. The van der Waals surface area contributed by atoms with Gasteiger partial charge in [-0.25, -0.2) is 13.1 Å². The fraction of sp³-hybridized carbons (Fsp3) is 0.273. The Balaban J connectivity index is 1.69. The number of rotatable bonds is 5. The topological polar surface area (TPSA) is 90.3 Å². The van der Waals surface area contributed by atoms with Gasteiger partial charge in [0.25, 0.3) is 5.91 Å². The first-order valence-corrected chi connectivity index (χ1v) is 11.5. The molecule has 2 aromatic carbocycles. The van der Waals surface area contributed by atoms with Gasteiger partial charge in [0, 0.05) is 5.56 Å². The van der Waals surface area contributed by atoms with Crippen LogP contribution < -0.4 is 10.1 Å². The van der Waals surface area contributed by atoms with Crippen LogP contribution >= 0.6 is 0 Å². The molecule has 0 saturated heterocycles. The van der Waals surface area contributed by atoms with Crippen LogP contribution in [-0.2, 0) is 26.1 Å². The second kappa shape index (κ2) is 7.60. The van der Waals surface area contributed by atoms with E-state index < -0.39 is 15.9 Å². The Morgan fingerprint density at radius 3 is 2.57 bits per heavy atom. The minimum Gasteiger partial charge on any atom is -0.481 e. The Morgan fingerprint density at radius 2 is 1.83 bits per heavy atom. The molecule has 0 saturated carbocycles. The van der Waals surface area contributed by atoms with Crippen molar-refractivity contribution >= 4 is 21.6 Å². The third-order valence-electron chi connectivity index (χ3n) is 5.26. The number of benzene rings is 2. The SMILES string of the molecule is Cc1cccc(-n2nc3c(c2NC(=O)[C@@H](C)Oc2ccccc2)CS(=O)(=O)C3)c1C. The molecule has 0 fully saturated rings. The molecule has 1 aromatic heterocycles. The molecule has 1 aliphatic heterocycles. The van der Waals surface area contributed by atoms with Crippen molar-refractivity contribution in [1.29, 1.82) is 0 Å². The molecule has 8 heteroatoms. The summed E-state index contributed by atoms with van der Waals surface area (Å²) in [5.74, 6) is 0.317. The van der Waals surface area contributed by atoms with Crippen LogP contribution in [0.2, 0.25) is 0 Å². The van der Waals surface area contributed by atoms with Gasteiger partial charge in [0.2, 0.25) is 0 Å². The number of para-hydroxylation sites is 1. The van der Waals surface area contributed by atoms with Crippen molar-refractivity contribution in [3.8, 4) is 11.4 Å². The van der Waals surface area contributed by atoms with Gasteiger partial charge in [-0.05, 0) is 50.1 Å². The number of hydrogen-bond donors (Lipinski definition) is 1. The molecule has 0 bridgehead atoms. The lowest BCUT2D eigenvalue weighted by molar-refractivity contribution is -0.122. The van der Waals surface area contributed by atoms with Crippen LogP contribution in [0.4, 0.5) is 5.82 Å². The summed E-state index contributed by atoms with van der Waals surface area (Å²) in [7, 11) is -3.26. The smallest absolute Gasteiger partial charge is 0.266 e. The summed E-state index contributed by atoms with van der Waals surface area (Å²) < 4.78 is 31.6. The van der Waals surface area contributed by atoms with Gasteiger partial charge in [-0.2, -0.15) is 5.10 Å². The maximum Gasteiger partial charge on any atom is 0.266 e. The van der Waals surface area contributed by atoms with E-state index in [2.05, 4.69) is 10.4 Å². The van der Waals surface area contributed by atoms with Gasteiger partial charge in [-0.3, -0.25) is 4.79 Å². The number of aromatic nitrogens is 2. The molecule has 30 heavy (non-hydrogen) atoms. The van der Waals surface area contributed by atoms with E-state index in [0.717, 1.165) is 16.8 Å². The van der Waals surface area contributed by atoms with E-state index in [1.54, 1.807) is 23.7 Å². The second-order valence-corrected chi connectivity index (χ2v) is 9.56. The van der Waals surface area contributed by atoms with Gasteiger partial charge in [0.1, 0.15) is 11.6 Å². The van der Waals surface area contributed by atoms with E-state index in [0.29, 0.717) is 22.8 Å². The highest BCUT2D eigenvalue weighted by atomic mass is 32.2. The minimum absolute atomic E-state index is 0.126. The van der Waals surface area contributed by atoms with Gasteiger partial charge < -0.3 is 10.1 Å². The zero-order chi connectivity index (χ0) is 21.5. The quantitative estimate of drug-likeness (QED) is 0.677.